The number of hydrogen-bond acceptors (Lipinski definition) is 13. The second kappa shape index (κ2) is 26.7. The van der Waals surface area contributed by atoms with Gasteiger partial charge in [-0.05, 0) is 47.0 Å². The van der Waals surface area contributed by atoms with E-state index >= 15 is 19.2 Å². The average Bonchev–Trinajstić information content (AvgIpc) is 1.87. The third-order valence-electron chi connectivity index (χ3n) is 15.7. The number of hydrogen-bond donors (Lipinski definition) is 1. The number of aliphatic hydroxyl groups is 1. The van der Waals surface area contributed by atoms with Crippen molar-refractivity contribution in [3.63, 3.8) is 0 Å². The lowest BCUT2D eigenvalue weighted by molar-refractivity contribution is -0.324. The molecule has 14 nitrogen and oxygen atoms in total. The van der Waals surface area contributed by atoms with Crippen LogP contribution < -0.4 is 0 Å². The van der Waals surface area contributed by atoms with Gasteiger partial charge in [0, 0.05) is 4.90 Å². The summed E-state index contributed by atoms with van der Waals surface area (Å²) in [4.78, 5) is 63.4. The van der Waals surface area contributed by atoms with Crippen molar-refractivity contribution in [2.24, 2.45) is 0 Å². The van der Waals surface area contributed by atoms with Crippen LogP contribution in [0.5, 0.6) is 0 Å². The van der Waals surface area contributed by atoms with Crippen molar-refractivity contribution >= 4 is 137 Å². The Bertz CT molecular complexity index is 3390. The van der Waals surface area contributed by atoms with Crippen LogP contribution in [0.1, 0.15) is 78.9 Å². The number of fused-ring (bicyclic) bond motifs is 2. The molecular weight excluding hydrogens is 1300 g/mol. The normalized spacial score (nSPS) is 24.4. The molecular formula is C61H56Cl8N2O12SSi. The van der Waals surface area contributed by atoms with Gasteiger partial charge in [0.15, 0.2) is 14.6 Å². The van der Waals surface area contributed by atoms with Crippen LogP contribution in [-0.4, -0.2) is 120 Å². The van der Waals surface area contributed by atoms with Gasteiger partial charge in [-0.3, -0.25) is 29.0 Å². The largest absolute Gasteiger partial charge is 0.408 e. The lowest BCUT2D eigenvalue weighted by Crippen LogP contribution is -2.71. The minimum Gasteiger partial charge on any atom is -0.408 e. The first kappa shape index (κ1) is 64.2. The molecule has 10 atom stereocenters. The predicted molar refractivity (Wildman–Crippen MR) is 331 cm³/mol. The number of carbonyl (C=O) groups excluding carboxylic acids is 4. The number of aliphatic hydroxyl groups excluding tert-OH is 1. The summed E-state index contributed by atoms with van der Waals surface area (Å²) in [5.41, 5.74) is -0.333. The van der Waals surface area contributed by atoms with E-state index in [0.717, 1.165) is 32.7 Å². The lowest BCUT2D eigenvalue weighted by Gasteiger charge is -2.53. The van der Waals surface area contributed by atoms with E-state index in [-0.39, 0.29) is 95.5 Å². The van der Waals surface area contributed by atoms with Crippen LogP contribution in [0.15, 0.2) is 126 Å². The number of nitrogens with zero attached hydrogens (tertiary/aromatic N) is 2. The zero-order valence-corrected chi connectivity index (χ0v) is 54.0. The van der Waals surface area contributed by atoms with E-state index < -0.39 is 97.4 Å². The molecule has 6 aromatic rings. The summed E-state index contributed by atoms with van der Waals surface area (Å²) >= 11 is 54.6. The third-order valence-corrected chi connectivity index (χ3v) is 25.0. The average molecular weight is 1350 g/mol. The fraction of sp³-hybridized carbons (Fsp3) is 0.344. The van der Waals surface area contributed by atoms with Crippen LogP contribution in [-0.2, 0) is 52.7 Å². The number of halogens is 8. The highest BCUT2D eigenvalue weighted by molar-refractivity contribution is 7.99. The molecule has 448 valence electrons. The van der Waals surface area contributed by atoms with Crippen LogP contribution in [0.4, 0.5) is 0 Å². The summed E-state index contributed by atoms with van der Waals surface area (Å²) in [6.45, 7) is 9.85. The van der Waals surface area contributed by atoms with Crippen molar-refractivity contribution in [3.8, 4) is 0 Å². The Labute approximate surface area is 537 Å². The molecule has 0 saturated carbocycles. The highest BCUT2D eigenvalue weighted by Gasteiger charge is 2.61. The van der Waals surface area contributed by atoms with Gasteiger partial charge in [-0.1, -0.05) is 235 Å². The fourth-order valence-electron chi connectivity index (χ4n) is 10.4. The maximum absolute atomic E-state index is 15.5. The van der Waals surface area contributed by atoms with Gasteiger partial charge in [-0.2, -0.15) is 0 Å². The monoisotopic (exact) mass is 1350 g/mol. The molecule has 0 radical (unpaired) electrons. The van der Waals surface area contributed by atoms with Crippen LogP contribution in [0.25, 0.3) is 0 Å². The molecule has 4 heterocycles. The lowest BCUT2D eigenvalue weighted by atomic mass is 9.93. The maximum Gasteiger partial charge on any atom is 0.263 e. The Morgan fingerprint density at radius 1 is 0.506 bits per heavy atom. The van der Waals surface area contributed by atoms with Crippen LogP contribution in [0.3, 0.4) is 0 Å². The quantitative estimate of drug-likeness (QED) is 0.0354. The van der Waals surface area contributed by atoms with Gasteiger partial charge in [-0.25, -0.2) is 0 Å². The molecule has 1 N–H and O–H groups in total. The van der Waals surface area contributed by atoms with E-state index in [2.05, 4.69) is 20.8 Å². The Morgan fingerprint density at radius 3 is 1.29 bits per heavy atom. The molecule has 24 heteroatoms. The van der Waals surface area contributed by atoms with Crippen molar-refractivity contribution in [2.75, 3.05) is 13.2 Å². The molecule has 0 aliphatic carbocycles. The van der Waals surface area contributed by atoms with Gasteiger partial charge in [0.25, 0.3) is 23.6 Å². The Balaban J connectivity index is 1.15. The number of amides is 4. The maximum atomic E-state index is 15.5. The highest BCUT2D eigenvalue weighted by Crippen LogP contribution is 2.51. The summed E-state index contributed by atoms with van der Waals surface area (Å²) in [5.74, 6) is -3.89. The van der Waals surface area contributed by atoms with E-state index in [9.17, 15) is 5.11 Å². The van der Waals surface area contributed by atoms with Crippen molar-refractivity contribution < 1.29 is 57.1 Å². The topological polar surface area (TPSA) is 160 Å². The van der Waals surface area contributed by atoms with E-state index in [1.165, 1.54) is 0 Å². The van der Waals surface area contributed by atoms with Crippen molar-refractivity contribution in [2.45, 2.75) is 124 Å². The summed E-state index contributed by atoms with van der Waals surface area (Å²) in [6.07, 6.45) is -10.4. The summed E-state index contributed by atoms with van der Waals surface area (Å²) in [5, 5.41) is 10.6. The highest BCUT2D eigenvalue weighted by atomic mass is 35.5. The van der Waals surface area contributed by atoms with Crippen LogP contribution in [0, 0.1) is 0 Å². The SMILES string of the molecule is CC(C)(C)[Si](C)(C)O[C@H]1[C@H](OCc2ccccc2)[C@@H](N2C(=O)c3c(Cl)c(Cl)c(Cl)c(Cl)c3C2=O)[C@H](O[C@H]2[C@H](O)[C@@H](N3C(=O)c4c(Cl)c(Cl)c(Cl)c(Cl)c4C3=O)[C@H](Sc3ccccc3)O[C@@H]2COCc2ccccc2)O[C@@H]1COCc1ccccc1. The van der Waals surface area contributed by atoms with E-state index in [1.54, 1.807) is 24.3 Å². The first-order chi connectivity index (χ1) is 40.5. The smallest absolute Gasteiger partial charge is 0.263 e. The second-order valence-corrected chi connectivity index (χ2v) is 31.1. The number of benzene rings is 6. The Kier molecular flexibility index (Phi) is 20.2. The van der Waals surface area contributed by atoms with Crippen molar-refractivity contribution in [1.29, 1.82) is 0 Å². The van der Waals surface area contributed by atoms with Crippen molar-refractivity contribution in [1.82, 2.24) is 9.80 Å². The first-order valence-electron chi connectivity index (χ1n) is 26.9. The predicted octanol–water partition coefficient (Wildman–Crippen LogP) is 14.9. The number of rotatable bonds is 19. The number of imide groups is 2. The van der Waals surface area contributed by atoms with Gasteiger partial charge in [0.1, 0.15) is 54.1 Å². The molecule has 2 saturated heterocycles. The second-order valence-electron chi connectivity index (χ2n) is 22.2. The van der Waals surface area contributed by atoms with Gasteiger partial charge < -0.3 is 38.0 Å². The van der Waals surface area contributed by atoms with E-state index in [4.69, 9.17) is 126 Å². The fourth-order valence-corrected chi connectivity index (χ4v) is 15.0. The first-order valence-corrected chi connectivity index (χ1v) is 33.7. The minimum absolute atomic E-state index is 0.0628. The van der Waals surface area contributed by atoms with E-state index in [0.29, 0.717) is 10.5 Å². The summed E-state index contributed by atoms with van der Waals surface area (Å²) in [7, 11) is -2.94. The van der Waals surface area contributed by atoms with Gasteiger partial charge in [0.05, 0.1) is 95.5 Å². The molecule has 6 aromatic carbocycles. The van der Waals surface area contributed by atoms with Crippen LogP contribution >= 0.6 is 105 Å². The molecule has 85 heavy (non-hydrogen) atoms. The molecule has 0 spiro atoms. The summed E-state index contributed by atoms with van der Waals surface area (Å²) in [6, 6.07) is 33.6. The molecule has 0 unspecified atom stereocenters. The summed E-state index contributed by atoms with van der Waals surface area (Å²) < 4.78 is 48.9. The van der Waals surface area contributed by atoms with Gasteiger partial charge in [0.2, 0.25) is 0 Å². The molecule has 4 aliphatic rings. The standard InChI is InChI=1S/C61H56Cl8N2O12SSi/c1-61(2,3)85(4,5)83-53-36(30-78-27-32-20-12-7-13-21-32)80-59(50(54(53)79-28-33-22-14-8-15-23-33)71-57(75)39-40(58(71)76)44(65)48(69)47(68)43(39)64)82-52-35(29-77-26-31-18-10-6-11-19-31)81-60(84-34-24-16-9-17-25-34)49(51(52)72)70-55(73)37-38(56(70)74)42(63)46(67)45(66)41(37)62/h6-25,35-36,49-54,59-60,72H,26-30H2,1-5H3/t35-,36-,49-,50-,51-,52-,53-,54-,59+,60+/m1/s1. The number of thioether (sulfide) groups is 1. The Morgan fingerprint density at radius 2 is 0.882 bits per heavy atom. The van der Waals surface area contributed by atoms with Gasteiger partial charge in [-0.15, -0.1) is 0 Å². The zero-order valence-electron chi connectivity index (χ0n) is 46.1. The molecule has 4 aliphatic heterocycles. The van der Waals surface area contributed by atoms with E-state index in [1.807, 2.05) is 110 Å². The zero-order chi connectivity index (χ0) is 60.8. The van der Waals surface area contributed by atoms with Crippen molar-refractivity contribution in [3.05, 3.63) is 200 Å². The Hall–Kier alpha value is -3.83. The van der Waals surface area contributed by atoms with Gasteiger partial charge >= 0.3 is 0 Å². The molecule has 0 aromatic heterocycles. The minimum atomic E-state index is -2.94. The molecule has 0 bridgehead atoms. The third kappa shape index (κ3) is 12.9. The number of carbonyl (C=O) groups is 4. The molecule has 2 fully saturated rings. The molecule has 10 rings (SSSR count). The molecule has 4 amide bonds. The number of ether oxygens (including phenoxy) is 6. The van der Waals surface area contributed by atoms with Crippen LogP contribution in [0.2, 0.25) is 58.3 Å².